The van der Waals surface area contributed by atoms with Gasteiger partial charge in [-0.1, -0.05) is 132 Å². The van der Waals surface area contributed by atoms with Gasteiger partial charge in [-0.2, -0.15) is 0 Å². The lowest BCUT2D eigenvalue weighted by Crippen LogP contribution is -2.42. The Hall–Kier alpha value is -4.08. The number of esters is 2. The zero-order valence-electron chi connectivity index (χ0n) is 41.6. The third kappa shape index (κ3) is 9.77. The third-order valence-corrected chi connectivity index (χ3v) is 14.7. The third-order valence-electron chi connectivity index (χ3n) is 12.9. The van der Waals surface area contributed by atoms with Gasteiger partial charge in [0.05, 0.1) is 31.8 Å². The van der Waals surface area contributed by atoms with Crippen LogP contribution in [0, 0.1) is 33.1 Å². The molecule has 1 saturated heterocycles. The van der Waals surface area contributed by atoms with Gasteiger partial charge < -0.3 is 28.2 Å². The lowest BCUT2D eigenvalue weighted by atomic mass is 9.77. The minimum absolute atomic E-state index is 0.00534. The summed E-state index contributed by atoms with van der Waals surface area (Å²) in [4.78, 5) is 27.2. The molecule has 1 N–H and O–H groups in total. The molecule has 4 aromatic carbocycles. The first-order valence-corrected chi connectivity index (χ1v) is 25.0. The highest BCUT2D eigenvalue weighted by atomic mass is 31.2. The van der Waals surface area contributed by atoms with E-state index in [-0.39, 0.29) is 60.0 Å². The molecule has 3 aliphatic heterocycles. The molecule has 0 amide bonds. The van der Waals surface area contributed by atoms with Crippen LogP contribution < -0.4 is 18.5 Å². The van der Waals surface area contributed by atoms with Gasteiger partial charge in [0.2, 0.25) is 9.03 Å². The van der Waals surface area contributed by atoms with Gasteiger partial charge in [-0.15, -0.1) is 0 Å². The highest BCUT2D eigenvalue weighted by Crippen LogP contribution is 2.57. The first-order chi connectivity index (χ1) is 30.4. The number of hydrogen-bond acceptors (Lipinski definition) is 11. The molecule has 7 rings (SSSR count). The van der Waals surface area contributed by atoms with E-state index < -0.39 is 34.1 Å². The Labute approximate surface area is 393 Å². The molecule has 0 bridgehead atoms. The largest absolute Gasteiger partial charge is 0.530 e. The fraction of sp³-hybridized carbons (Fsp3) is 0.509. The van der Waals surface area contributed by atoms with Gasteiger partial charge in [0, 0.05) is 22.3 Å². The molecule has 0 radical (unpaired) electrons. The van der Waals surface area contributed by atoms with Crippen LogP contribution in [0.1, 0.15) is 162 Å². The Balaban J connectivity index is 1.00. The van der Waals surface area contributed by atoms with Crippen molar-refractivity contribution >= 4 is 28.8 Å². The van der Waals surface area contributed by atoms with E-state index in [1.807, 2.05) is 52.0 Å². The van der Waals surface area contributed by atoms with Gasteiger partial charge in [-0.3, -0.25) is 18.6 Å². The molecule has 1 fully saturated rings. The van der Waals surface area contributed by atoms with Crippen LogP contribution in [0.3, 0.4) is 0 Å². The summed E-state index contributed by atoms with van der Waals surface area (Å²) in [5, 5.41) is 10.5. The van der Waals surface area contributed by atoms with Gasteiger partial charge in [-0.05, 0) is 93.9 Å². The van der Waals surface area contributed by atoms with Crippen molar-refractivity contribution in [2.75, 3.05) is 26.4 Å². The highest BCUT2D eigenvalue weighted by molar-refractivity contribution is 7.49. The van der Waals surface area contributed by atoms with Crippen LogP contribution in [0.4, 0.5) is 0 Å². The van der Waals surface area contributed by atoms with E-state index in [0.29, 0.717) is 34.1 Å². The van der Waals surface area contributed by atoms with Gasteiger partial charge >= 0.3 is 19.8 Å². The van der Waals surface area contributed by atoms with E-state index in [1.54, 1.807) is 0 Å². The first kappa shape index (κ1) is 49.8. The van der Waals surface area contributed by atoms with E-state index in [4.69, 9.17) is 32.1 Å². The molecule has 4 aromatic rings. The van der Waals surface area contributed by atoms with Crippen molar-refractivity contribution in [1.82, 2.24) is 0 Å². The summed E-state index contributed by atoms with van der Waals surface area (Å²) in [6, 6.07) is 16.2. The number of aliphatic hydroxyl groups is 1. The van der Waals surface area contributed by atoms with E-state index in [2.05, 4.69) is 107 Å². The highest BCUT2D eigenvalue weighted by Gasteiger charge is 2.46. The van der Waals surface area contributed by atoms with Crippen LogP contribution in [0.25, 0.3) is 0 Å². The number of fused-ring (bicyclic) bond motifs is 2. The second kappa shape index (κ2) is 17.5. The van der Waals surface area contributed by atoms with Crippen molar-refractivity contribution in [3.05, 3.63) is 115 Å². The van der Waals surface area contributed by atoms with E-state index in [0.717, 1.165) is 55.6 Å². The summed E-state index contributed by atoms with van der Waals surface area (Å²) in [5.74, 6) is 0.356. The van der Waals surface area contributed by atoms with E-state index in [9.17, 15) is 19.3 Å². The number of carbonyl (C=O) groups excluding carboxylic acids is 2. The Kier molecular flexibility index (Phi) is 13.2. The predicted octanol–water partition coefficient (Wildman–Crippen LogP) is 12.3. The average Bonchev–Trinajstić information content (AvgIpc) is 3.72. The maximum Gasteiger partial charge on any atom is 0.530 e. The predicted molar refractivity (Wildman–Crippen MR) is 259 cm³/mol. The number of aliphatic hydroxyl groups excluding tert-OH is 1. The van der Waals surface area contributed by atoms with Crippen LogP contribution in [-0.2, 0) is 49.4 Å². The number of rotatable bonds is 10. The van der Waals surface area contributed by atoms with Crippen LogP contribution in [0.15, 0.2) is 48.5 Å². The van der Waals surface area contributed by atoms with Crippen molar-refractivity contribution < 1.29 is 51.4 Å². The second-order valence-electron chi connectivity index (χ2n) is 22.8. The Morgan fingerprint density at radius 2 is 1.02 bits per heavy atom. The fourth-order valence-electron chi connectivity index (χ4n) is 8.90. The van der Waals surface area contributed by atoms with Crippen molar-refractivity contribution in [2.24, 2.45) is 5.41 Å². The maximum atomic E-state index is 13.9. The zero-order valence-corrected chi connectivity index (χ0v) is 43.5. The standard InChI is InChI=1S/C53H68O11P2/c1-29-17-33(41-37-21-35(49(5,6)7)23-39(51(11,12)13)45(37)61-47(41)55)18-30(2)43(29)63-65-58-26-53(25-54)27-59-66(57,60-28-53)64-44-31(3)19-34(20-32(44)4)42-38-22-36(50(8,9)10)24-40(52(14,15)16)46(38)62-48(42)56/h17-24,41-42,54,65H,25-28H2,1-16H3. The molecule has 0 aliphatic carbocycles. The van der Waals surface area contributed by atoms with Crippen LogP contribution in [-0.4, -0.2) is 43.5 Å². The van der Waals surface area contributed by atoms with E-state index >= 15 is 0 Å². The van der Waals surface area contributed by atoms with Crippen LogP contribution in [0.5, 0.6) is 23.0 Å². The number of carbonyl (C=O) groups is 2. The number of hydrogen-bond donors (Lipinski definition) is 1. The molecule has 13 heteroatoms. The molecule has 0 spiro atoms. The topological polar surface area (TPSA) is 136 Å². The Bertz CT molecular complexity index is 2580. The summed E-state index contributed by atoms with van der Waals surface area (Å²) in [5.41, 5.74) is 8.70. The second-order valence-corrected chi connectivity index (χ2v) is 25.0. The Morgan fingerprint density at radius 3 is 1.38 bits per heavy atom. The summed E-state index contributed by atoms with van der Waals surface area (Å²) in [6.45, 7) is 32.6. The lowest BCUT2D eigenvalue weighted by molar-refractivity contribution is -0.134. The van der Waals surface area contributed by atoms with Gasteiger partial charge in [-0.25, -0.2) is 4.57 Å². The molecule has 66 heavy (non-hydrogen) atoms. The van der Waals surface area contributed by atoms with E-state index in [1.165, 1.54) is 0 Å². The smallest absolute Gasteiger partial charge is 0.449 e. The zero-order chi connectivity index (χ0) is 48.7. The molecule has 3 heterocycles. The summed E-state index contributed by atoms with van der Waals surface area (Å²) in [6.07, 6.45) is 0. The molecule has 3 unspecified atom stereocenters. The molecular weight excluding hydrogens is 875 g/mol. The van der Waals surface area contributed by atoms with Crippen molar-refractivity contribution in [3.8, 4) is 23.0 Å². The quantitative estimate of drug-likeness (QED) is 0.0704. The number of ether oxygens (including phenoxy) is 2. The van der Waals surface area contributed by atoms with Crippen molar-refractivity contribution in [1.29, 1.82) is 0 Å². The Morgan fingerprint density at radius 1 is 0.621 bits per heavy atom. The molecule has 11 nitrogen and oxygen atoms in total. The SMILES string of the molecule is Cc1cc(C2C(=O)Oc3c2cc(C(C)(C)C)cc3C(C)(C)C)cc(C)c1OPOCC1(CO)COP(=O)(Oc2c(C)cc(C3C(=O)Oc4c3cc(C(C)(C)C)cc4C(C)(C)C)cc2C)OC1. The summed E-state index contributed by atoms with van der Waals surface area (Å²) in [7, 11) is -4.56. The fourth-order valence-corrected chi connectivity index (χ4v) is 11.3. The monoisotopic (exact) mass is 942 g/mol. The van der Waals surface area contributed by atoms with Crippen LogP contribution >= 0.6 is 16.9 Å². The van der Waals surface area contributed by atoms with Crippen molar-refractivity contribution in [3.63, 3.8) is 0 Å². The molecule has 0 saturated carbocycles. The summed E-state index contributed by atoms with van der Waals surface area (Å²) >= 11 is 0. The van der Waals surface area contributed by atoms with Crippen molar-refractivity contribution in [2.45, 2.75) is 144 Å². The van der Waals surface area contributed by atoms with Gasteiger partial charge in [0.15, 0.2) is 0 Å². The number of phosphoric acid groups is 1. The van der Waals surface area contributed by atoms with Gasteiger partial charge in [0.1, 0.15) is 34.8 Å². The minimum atomic E-state index is -4.12. The average molecular weight is 943 g/mol. The van der Waals surface area contributed by atoms with Gasteiger partial charge in [0.25, 0.3) is 0 Å². The molecule has 0 aromatic heterocycles. The number of aryl methyl sites for hydroxylation is 4. The minimum Gasteiger partial charge on any atom is -0.449 e. The number of phosphoric ester groups is 1. The number of benzene rings is 4. The maximum absolute atomic E-state index is 13.9. The first-order valence-electron chi connectivity index (χ1n) is 22.7. The normalized spacial score (nSPS) is 22.4. The molecule has 3 aliphatic rings. The van der Waals surface area contributed by atoms with Crippen LogP contribution in [0.2, 0.25) is 0 Å². The molecular formula is C53H68O11P2. The lowest BCUT2D eigenvalue weighted by Gasteiger charge is -2.37. The molecule has 3 atom stereocenters. The summed E-state index contributed by atoms with van der Waals surface area (Å²) < 4.78 is 55.7. The molecule has 356 valence electrons.